The number of ether oxygens (including phenoxy) is 1. The van der Waals surface area contributed by atoms with Gasteiger partial charge in [0.25, 0.3) is 0 Å². The van der Waals surface area contributed by atoms with Crippen molar-refractivity contribution in [2.24, 2.45) is 5.41 Å². The molecule has 0 bridgehead atoms. The van der Waals surface area contributed by atoms with Crippen LogP contribution in [0.4, 0.5) is 4.79 Å². The summed E-state index contributed by atoms with van der Waals surface area (Å²) in [6.45, 7) is 20.9. The van der Waals surface area contributed by atoms with Gasteiger partial charge in [0, 0.05) is 12.6 Å². The van der Waals surface area contributed by atoms with Gasteiger partial charge in [0.15, 0.2) is 0 Å². The van der Waals surface area contributed by atoms with E-state index in [0.717, 1.165) is 11.9 Å². The molecular weight excluding hydrogens is 329 g/mol. The lowest BCUT2D eigenvalue weighted by atomic mass is 9.68. The molecule has 1 saturated heterocycles. The fourth-order valence-electron chi connectivity index (χ4n) is 3.24. The van der Waals surface area contributed by atoms with E-state index in [9.17, 15) is 4.79 Å². The molecule has 1 unspecified atom stereocenters. The molecular formula is C20H36BNO4. The van der Waals surface area contributed by atoms with E-state index in [0.29, 0.717) is 6.54 Å². The smallest absolute Gasteiger partial charge is 0.444 e. The number of amides is 1. The maximum Gasteiger partial charge on any atom is 0.490 e. The average Bonchev–Trinajstić information content (AvgIpc) is 2.64. The molecule has 148 valence electrons. The molecule has 2 aliphatic rings. The Labute approximate surface area is 159 Å². The van der Waals surface area contributed by atoms with Crippen LogP contribution in [0.3, 0.4) is 0 Å². The first-order valence-electron chi connectivity index (χ1n) is 9.58. The minimum absolute atomic E-state index is 0.0244. The van der Waals surface area contributed by atoms with Crippen molar-refractivity contribution < 1.29 is 18.8 Å². The third-order valence-electron chi connectivity index (χ3n) is 5.54. The molecule has 0 aliphatic carbocycles. The van der Waals surface area contributed by atoms with Crippen LogP contribution in [-0.4, -0.2) is 47.5 Å². The quantitative estimate of drug-likeness (QED) is 0.637. The lowest BCUT2D eigenvalue weighted by Crippen LogP contribution is -2.52. The minimum atomic E-state index is -0.505. The van der Waals surface area contributed by atoms with Crippen LogP contribution < -0.4 is 0 Å². The van der Waals surface area contributed by atoms with Gasteiger partial charge in [0.2, 0.25) is 0 Å². The predicted octanol–water partition coefficient (Wildman–Crippen LogP) is 4.60. The third kappa shape index (κ3) is 4.45. The van der Waals surface area contributed by atoms with Gasteiger partial charge in [0.1, 0.15) is 5.60 Å². The highest BCUT2D eigenvalue weighted by Crippen LogP contribution is 2.41. The molecule has 0 aromatic rings. The average molecular weight is 365 g/mol. The minimum Gasteiger partial charge on any atom is -0.444 e. The zero-order valence-electron chi connectivity index (χ0n) is 18.2. The summed E-state index contributed by atoms with van der Waals surface area (Å²) in [7, 11) is -0.356. The molecule has 0 N–H and O–H groups in total. The van der Waals surface area contributed by atoms with E-state index in [1.165, 1.54) is 0 Å². The van der Waals surface area contributed by atoms with Gasteiger partial charge in [-0.05, 0) is 65.8 Å². The number of carbonyl (C=O) groups excluding carboxylic acids is 1. The topological polar surface area (TPSA) is 48.0 Å². The van der Waals surface area contributed by atoms with Crippen molar-refractivity contribution in [3.8, 4) is 0 Å². The third-order valence-corrected chi connectivity index (χ3v) is 5.54. The Morgan fingerprint density at radius 3 is 2.04 bits per heavy atom. The van der Waals surface area contributed by atoms with Gasteiger partial charge < -0.3 is 18.9 Å². The van der Waals surface area contributed by atoms with Crippen molar-refractivity contribution in [2.75, 3.05) is 6.54 Å². The summed E-state index contributed by atoms with van der Waals surface area (Å²) < 4.78 is 18.1. The van der Waals surface area contributed by atoms with Gasteiger partial charge in [-0.25, -0.2) is 4.79 Å². The van der Waals surface area contributed by atoms with Gasteiger partial charge in [-0.15, -0.1) is 0 Å². The number of hydrogen-bond donors (Lipinski definition) is 0. The zero-order chi connectivity index (χ0) is 20.1. The maximum absolute atomic E-state index is 12.7. The van der Waals surface area contributed by atoms with Crippen molar-refractivity contribution in [3.05, 3.63) is 11.5 Å². The molecule has 1 amide bonds. The van der Waals surface area contributed by atoms with E-state index in [-0.39, 0.29) is 35.9 Å². The molecule has 0 saturated carbocycles. The highest BCUT2D eigenvalue weighted by Gasteiger charge is 2.53. The van der Waals surface area contributed by atoms with E-state index in [1.807, 2.05) is 25.7 Å². The van der Waals surface area contributed by atoms with Crippen LogP contribution in [0, 0.1) is 5.41 Å². The van der Waals surface area contributed by atoms with E-state index >= 15 is 0 Å². The Balaban J connectivity index is 2.23. The second-order valence-corrected chi connectivity index (χ2v) is 10.6. The lowest BCUT2D eigenvalue weighted by molar-refractivity contribution is 0.00376. The van der Waals surface area contributed by atoms with Crippen LogP contribution in [0.1, 0.15) is 75.7 Å². The molecule has 2 rings (SSSR count). The molecule has 6 heteroatoms. The maximum atomic E-state index is 12.7. The SMILES string of the molecule is CC(C)(C)OC(=O)N1CC=C(B2OC(C)(C)C(C)(C)O2)CC1C(C)(C)C. The summed E-state index contributed by atoms with van der Waals surface area (Å²) in [5, 5.41) is 0. The first kappa shape index (κ1) is 21.3. The van der Waals surface area contributed by atoms with E-state index in [4.69, 9.17) is 14.0 Å². The van der Waals surface area contributed by atoms with Crippen LogP contribution in [0.25, 0.3) is 0 Å². The van der Waals surface area contributed by atoms with Crippen LogP contribution in [0.2, 0.25) is 0 Å². The van der Waals surface area contributed by atoms with Crippen molar-refractivity contribution in [2.45, 2.75) is 98.5 Å². The summed E-state index contributed by atoms with van der Waals surface area (Å²) in [6.07, 6.45) is 2.52. The molecule has 0 radical (unpaired) electrons. The monoisotopic (exact) mass is 365 g/mol. The van der Waals surface area contributed by atoms with Crippen molar-refractivity contribution in [1.29, 1.82) is 0 Å². The summed E-state index contributed by atoms with van der Waals surface area (Å²) in [5.74, 6) is 0. The molecule has 0 aromatic carbocycles. The molecule has 1 fully saturated rings. The highest BCUT2D eigenvalue weighted by atomic mass is 16.7. The standard InChI is InChI=1S/C20H36BNO4/c1-17(2,3)15-13-14(21-25-19(7,8)20(9,10)26-21)11-12-22(15)16(23)24-18(4,5)6/h11,15H,12-13H2,1-10H3. The van der Waals surface area contributed by atoms with E-state index in [1.54, 1.807) is 0 Å². The molecule has 0 spiro atoms. The molecule has 26 heavy (non-hydrogen) atoms. The van der Waals surface area contributed by atoms with Crippen LogP contribution in [-0.2, 0) is 14.0 Å². The van der Waals surface area contributed by atoms with Gasteiger partial charge in [-0.2, -0.15) is 0 Å². The fourth-order valence-corrected chi connectivity index (χ4v) is 3.24. The second-order valence-electron chi connectivity index (χ2n) is 10.6. The highest BCUT2D eigenvalue weighted by molar-refractivity contribution is 6.54. The van der Waals surface area contributed by atoms with E-state index in [2.05, 4.69) is 54.5 Å². The largest absolute Gasteiger partial charge is 0.490 e. The number of nitrogens with zero attached hydrogens (tertiary/aromatic N) is 1. The van der Waals surface area contributed by atoms with Crippen molar-refractivity contribution in [1.82, 2.24) is 4.90 Å². The normalized spacial score (nSPS) is 25.9. The predicted molar refractivity (Wildman–Crippen MR) is 105 cm³/mol. The van der Waals surface area contributed by atoms with Gasteiger partial charge in [-0.3, -0.25) is 0 Å². The summed E-state index contributed by atoms with van der Waals surface area (Å²) in [4.78, 5) is 14.6. The molecule has 2 aliphatic heterocycles. The Morgan fingerprint density at radius 1 is 1.12 bits per heavy atom. The van der Waals surface area contributed by atoms with Gasteiger partial charge in [-0.1, -0.05) is 26.8 Å². The van der Waals surface area contributed by atoms with Crippen LogP contribution in [0.15, 0.2) is 11.5 Å². The molecule has 1 atom stereocenters. The Bertz CT molecular complexity index is 568. The Morgan fingerprint density at radius 2 is 1.62 bits per heavy atom. The first-order valence-corrected chi connectivity index (χ1v) is 9.58. The molecule has 0 aromatic heterocycles. The van der Waals surface area contributed by atoms with Crippen molar-refractivity contribution >= 4 is 13.2 Å². The molecule has 2 heterocycles. The van der Waals surface area contributed by atoms with Crippen molar-refractivity contribution in [3.63, 3.8) is 0 Å². The number of rotatable bonds is 1. The Hall–Kier alpha value is -1.01. The van der Waals surface area contributed by atoms with Gasteiger partial charge in [0.05, 0.1) is 11.2 Å². The number of hydrogen-bond acceptors (Lipinski definition) is 4. The van der Waals surface area contributed by atoms with Crippen LogP contribution >= 0.6 is 0 Å². The summed E-state index contributed by atoms with van der Waals surface area (Å²) in [6, 6.07) is 0.0244. The zero-order valence-corrected chi connectivity index (χ0v) is 18.2. The lowest BCUT2D eigenvalue weighted by Gasteiger charge is -2.43. The fraction of sp³-hybridized carbons (Fsp3) is 0.850. The van der Waals surface area contributed by atoms with Crippen LogP contribution in [0.5, 0.6) is 0 Å². The first-order chi connectivity index (χ1) is 11.5. The van der Waals surface area contributed by atoms with Gasteiger partial charge >= 0.3 is 13.2 Å². The second kappa shape index (κ2) is 6.56. The van der Waals surface area contributed by atoms with E-state index < -0.39 is 5.60 Å². The summed E-state index contributed by atoms with van der Waals surface area (Å²) in [5.41, 5.74) is -0.200. The molecule has 5 nitrogen and oxygen atoms in total. The Kier molecular flexibility index (Phi) is 5.37. The number of carbonyl (C=O) groups is 1. The summed E-state index contributed by atoms with van der Waals surface area (Å²) >= 11 is 0.